The van der Waals surface area contributed by atoms with Crippen LogP contribution in [0, 0.1) is 0 Å². The molecule has 6 aromatic rings. The second-order valence-electron chi connectivity index (χ2n) is 8.62. The van der Waals surface area contributed by atoms with Crippen molar-refractivity contribution in [1.29, 1.82) is 0 Å². The maximum Gasteiger partial charge on any atom is 0.101 e. The maximum absolute atomic E-state index is 5.22. The van der Waals surface area contributed by atoms with Gasteiger partial charge in [0.25, 0.3) is 0 Å². The van der Waals surface area contributed by atoms with Crippen LogP contribution in [0.5, 0.6) is 0 Å². The molecule has 3 aromatic heterocycles. The number of benzene rings is 3. The summed E-state index contributed by atoms with van der Waals surface area (Å²) in [6.07, 6.45) is 1.83. The Morgan fingerprint density at radius 2 is 1.44 bits per heavy atom. The molecule has 0 radical (unpaired) electrons. The predicted molar refractivity (Wildman–Crippen MR) is 141 cm³/mol. The maximum atomic E-state index is 5.22. The lowest BCUT2D eigenvalue weighted by molar-refractivity contribution is 0.972. The summed E-state index contributed by atoms with van der Waals surface area (Å²) in [5.74, 6) is 0. The van der Waals surface area contributed by atoms with Gasteiger partial charge in [-0.3, -0.25) is 4.98 Å². The molecule has 0 amide bonds. The van der Waals surface area contributed by atoms with E-state index in [1.165, 1.54) is 10.8 Å². The molecule has 3 heterocycles. The number of hydrogen-bond acceptors (Lipinski definition) is 3. The number of aromatic nitrogens is 3. The van der Waals surface area contributed by atoms with Crippen LogP contribution in [0.2, 0.25) is 0 Å². The molecule has 0 N–H and O–H groups in total. The molecule has 0 aliphatic rings. The molecule has 0 aliphatic carbocycles. The van der Waals surface area contributed by atoms with Gasteiger partial charge < -0.3 is 4.90 Å². The molecule has 0 saturated heterocycles. The normalized spacial score (nSPS) is 11.2. The lowest BCUT2D eigenvalue weighted by Crippen LogP contribution is -2.07. The van der Waals surface area contributed by atoms with Crippen molar-refractivity contribution in [3.63, 3.8) is 0 Å². The van der Waals surface area contributed by atoms with Crippen molar-refractivity contribution in [3.8, 4) is 33.8 Å². The standard InChI is InChI=1S/C30H24N4/c1-33(2)24-17-15-22(16-18-24)29-28(21-10-4-3-5-11-21)30-25-13-7-6-12-23(25)20-27(34(30)32-29)26-14-8-9-19-31-26/h3-20H,1-2H3. The van der Waals surface area contributed by atoms with Crippen LogP contribution in [0.3, 0.4) is 0 Å². The van der Waals surface area contributed by atoms with E-state index in [-0.39, 0.29) is 0 Å². The van der Waals surface area contributed by atoms with Crippen LogP contribution in [-0.4, -0.2) is 28.7 Å². The summed E-state index contributed by atoms with van der Waals surface area (Å²) < 4.78 is 2.07. The molecule has 0 unspecified atom stereocenters. The largest absolute Gasteiger partial charge is 0.378 e. The van der Waals surface area contributed by atoms with Crippen molar-refractivity contribution in [1.82, 2.24) is 14.6 Å². The molecule has 0 aliphatic heterocycles. The van der Waals surface area contributed by atoms with Crippen LogP contribution in [0.1, 0.15) is 0 Å². The van der Waals surface area contributed by atoms with Gasteiger partial charge in [-0.15, -0.1) is 0 Å². The molecule has 0 spiro atoms. The van der Waals surface area contributed by atoms with Gasteiger partial charge in [0.2, 0.25) is 0 Å². The summed E-state index contributed by atoms with van der Waals surface area (Å²) in [5.41, 5.74) is 8.46. The first-order valence-corrected chi connectivity index (χ1v) is 11.4. The minimum absolute atomic E-state index is 0.898. The summed E-state index contributed by atoms with van der Waals surface area (Å²) in [5, 5.41) is 7.56. The number of hydrogen-bond donors (Lipinski definition) is 0. The van der Waals surface area contributed by atoms with E-state index in [1.54, 1.807) is 0 Å². The predicted octanol–water partition coefficient (Wildman–Crippen LogP) is 6.95. The molecular weight excluding hydrogens is 416 g/mol. The summed E-state index contributed by atoms with van der Waals surface area (Å²) in [4.78, 5) is 6.76. The topological polar surface area (TPSA) is 33.4 Å². The molecule has 164 valence electrons. The van der Waals surface area contributed by atoms with Crippen molar-refractivity contribution >= 4 is 22.0 Å². The lowest BCUT2D eigenvalue weighted by Gasteiger charge is -2.12. The zero-order valence-corrected chi connectivity index (χ0v) is 19.2. The molecule has 34 heavy (non-hydrogen) atoms. The van der Waals surface area contributed by atoms with Crippen LogP contribution in [0.4, 0.5) is 5.69 Å². The van der Waals surface area contributed by atoms with Crippen molar-refractivity contribution < 1.29 is 0 Å². The van der Waals surface area contributed by atoms with Gasteiger partial charge in [0, 0.05) is 42.5 Å². The van der Waals surface area contributed by atoms with Crippen LogP contribution in [0.25, 0.3) is 50.1 Å². The summed E-state index contributed by atoms with van der Waals surface area (Å²) in [6, 6.07) is 35.9. The Kier molecular flexibility index (Phi) is 4.84. The number of pyridine rings is 2. The van der Waals surface area contributed by atoms with E-state index in [1.807, 2.05) is 24.4 Å². The molecular formula is C30H24N4. The number of rotatable bonds is 4. The van der Waals surface area contributed by atoms with Crippen LogP contribution < -0.4 is 4.90 Å². The smallest absolute Gasteiger partial charge is 0.101 e. The fourth-order valence-corrected chi connectivity index (χ4v) is 4.58. The van der Waals surface area contributed by atoms with E-state index in [4.69, 9.17) is 5.10 Å². The van der Waals surface area contributed by atoms with Crippen LogP contribution >= 0.6 is 0 Å². The van der Waals surface area contributed by atoms with Gasteiger partial charge in [-0.25, -0.2) is 4.52 Å². The van der Waals surface area contributed by atoms with Crippen LogP contribution in [0.15, 0.2) is 109 Å². The van der Waals surface area contributed by atoms with Crippen molar-refractivity contribution in [2.45, 2.75) is 0 Å². The van der Waals surface area contributed by atoms with Crippen molar-refractivity contribution in [2.75, 3.05) is 19.0 Å². The third-order valence-corrected chi connectivity index (χ3v) is 6.27. The summed E-state index contributed by atoms with van der Waals surface area (Å²) in [7, 11) is 4.11. The van der Waals surface area contributed by atoms with Gasteiger partial charge in [0.05, 0.1) is 16.9 Å². The zero-order valence-electron chi connectivity index (χ0n) is 19.2. The molecule has 0 bridgehead atoms. The SMILES string of the molecule is CN(C)c1ccc(-c2nn3c(-c4ccccn4)cc4ccccc4c3c2-c2ccccc2)cc1. The average Bonchev–Trinajstić information content (AvgIpc) is 3.30. The van der Waals surface area contributed by atoms with Crippen LogP contribution in [-0.2, 0) is 0 Å². The fraction of sp³-hybridized carbons (Fsp3) is 0.0667. The molecule has 0 atom stereocenters. The molecule has 0 saturated carbocycles. The van der Waals surface area contributed by atoms with E-state index < -0.39 is 0 Å². The quantitative estimate of drug-likeness (QED) is 0.297. The van der Waals surface area contributed by atoms with Gasteiger partial charge in [0.1, 0.15) is 5.69 Å². The summed E-state index contributed by atoms with van der Waals surface area (Å²) >= 11 is 0. The average molecular weight is 441 g/mol. The molecule has 4 nitrogen and oxygen atoms in total. The second-order valence-corrected chi connectivity index (χ2v) is 8.62. The van der Waals surface area contributed by atoms with E-state index in [0.29, 0.717) is 0 Å². The van der Waals surface area contributed by atoms with Gasteiger partial charge in [-0.1, -0.05) is 72.8 Å². The van der Waals surface area contributed by atoms with Gasteiger partial charge in [0.15, 0.2) is 0 Å². The van der Waals surface area contributed by atoms with Gasteiger partial charge in [-0.2, -0.15) is 5.10 Å². The highest BCUT2D eigenvalue weighted by molar-refractivity contribution is 6.08. The lowest BCUT2D eigenvalue weighted by atomic mass is 9.97. The number of fused-ring (bicyclic) bond motifs is 3. The Morgan fingerprint density at radius 1 is 0.706 bits per heavy atom. The third-order valence-electron chi connectivity index (χ3n) is 6.27. The first kappa shape index (κ1) is 20.2. The second kappa shape index (κ2) is 8.16. The Balaban J connectivity index is 1.75. The minimum Gasteiger partial charge on any atom is -0.378 e. The fourth-order valence-electron chi connectivity index (χ4n) is 4.58. The van der Waals surface area contributed by atoms with E-state index >= 15 is 0 Å². The van der Waals surface area contributed by atoms with E-state index in [0.717, 1.165) is 45.0 Å². The first-order chi connectivity index (χ1) is 16.7. The van der Waals surface area contributed by atoms with Gasteiger partial charge in [-0.05, 0) is 41.3 Å². The molecule has 4 heteroatoms. The number of anilines is 1. The Labute approximate surface area is 198 Å². The highest BCUT2D eigenvalue weighted by atomic mass is 15.2. The molecule has 0 fully saturated rings. The number of nitrogens with zero attached hydrogens (tertiary/aromatic N) is 4. The van der Waals surface area contributed by atoms with E-state index in [2.05, 4.69) is 113 Å². The molecule has 6 rings (SSSR count). The third kappa shape index (κ3) is 3.32. The van der Waals surface area contributed by atoms with Crippen molar-refractivity contribution in [3.05, 3.63) is 109 Å². The zero-order chi connectivity index (χ0) is 23.1. The Bertz CT molecular complexity index is 1600. The Morgan fingerprint density at radius 3 is 2.18 bits per heavy atom. The van der Waals surface area contributed by atoms with Crippen molar-refractivity contribution in [2.24, 2.45) is 0 Å². The monoisotopic (exact) mass is 440 g/mol. The molecule has 3 aromatic carbocycles. The highest BCUT2D eigenvalue weighted by Gasteiger charge is 2.21. The Hall–Kier alpha value is -4.44. The highest BCUT2D eigenvalue weighted by Crippen LogP contribution is 2.40. The minimum atomic E-state index is 0.898. The van der Waals surface area contributed by atoms with Gasteiger partial charge >= 0.3 is 0 Å². The van der Waals surface area contributed by atoms with E-state index in [9.17, 15) is 0 Å². The first-order valence-electron chi connectivity index (χ1n) is 11.4. The summed E-state index contributed by atoms with van der Waals surface area (Å²) in [6.45, 7) is 0.